The van der Waals surface area contributed by atoms with Crippen LogP contribution in [-0.2, 0) is 0 Å². The zero-order chi connectivity index (χ0) is 14.5. The van der Waals surface area contributed by atoms with Crippen LogP contribution in [0.3, 0.4) is 0 Å². The Balaban J connectivity index is 2.16. The molecule has 0 aliphatic heterocycles. The minimum atomic E-state index is -0.474. The molecule has 4 nitrogen and oxygen atoms in total. The third-order valence-corrected chi connectivity index (χ3v) is 2.89. The Morgan fingerprint density at radius 2 is 1.85 bits per heavy atom. The number of halogens is 1. The van der Waals surface area contributed by atoms with E-state index in [-0.39, 0.29) is 11.5 Å². The summed E-state index contributed by atoms with van der Waals surface area (Å²) >= 11 is 5.74. The lowest BCUT2D eigenvalue weighted by Crippen LogP contribution is -1.93. The molecule has 0 N–H and O–H groups in total. The first-order valence-electron chi connectivity index (χ1n) is 5.79. The van der Waals surface area contributed by atoms with Crippen LogP contribution in [0.2, 0.25) is 5.02 Å². The summed E-state index contributed by atoms with van der Waals surface area (Å²) in [4.78, 5) is 22.1. The van der Waals surface area contributed by atoms with Crippen molar-refractivity contribution in [2.45, 2.75) is 0 Å². The van der Waals surface area contributed by atoms with E-state index in [1.165, 1.54) is 18.2 Å². The van der Waals surface area contributed by atoms with E-state index in [0.717, 1.165) is 0 Å². The van der Waals surface area contributed by atoms with Crippen molar-refractivity contribution in [3.05, 3.63) is 80.9 Å². The van der Waals surface area contributed by atoms with Gasteiger partial charge in [0.2, 0.25) is 0 Å². The first-order valence-corrected chi connectivity index (χ1v) is 6.16. The van der Waals surface area contributed by atoms with Crippen LogP contribution in [0.4, 0.5) is 5.69 Å². The summed E-state index contributed by atoms with van der Waals surface area (Å²) < 4.78 is 0. The molecule has 0 radical (unpaired) electrons. The minimum Gasteiger partial charge on any atom is -0.289 e. The van der Waals surface area contributed by atoms with Gasteiger partial charge < -0.3 is 0 Å². The van der Waals surface area contributed by atoms with Crippen LogP contribution in [0.5, 0.6) is 0 Å². The van der Waals surface area contributed by atoms with E-state index in [2.05, 4.69) is 0 Å². The normalized spacial score (nSPS) is 10.7. The fraction of sp³-hybridized carbons (Fsp3) is 0. The Kier molecular flexibility index (Phi) is 4.27. The molecular formula is C15H10ClNO3. The Morgan fingerprint density at radius 3 is 2.50 bits per heavy atom. The van der Waals surface area contributed by atoms with Crippen LogP contribution in [0.1, 0.15) is 15.9 Å². The molecule has 5 heteroatoms. The number of nitro benzene ring substituents is 1. The zero-order valence-corrected chi connectivity index (χ0v) is 11.1. The number of carbonyl (C=O) groups is 1. The second kappa shape index (κ2) is 6.12. The fourth-order valence-electron chi connectivity index (χ4n) is 1.62. The molecule has 0 saturated heterocycles. The molecule has 0 fully saturated rings. The van der Waals surface area contributed by atoms with Crippen molar-refractivity contribution in [2.24, 2.45) is 0 Å². The zero-order valence-electron chi connectivity index (χ0n) is 10.3. The predicted octanol–water partition coefficient (Wildman–Crippen LogP) is 4.14. The Hall–Kier alpha value is -2.46. The first kappa shape index (κ1) is 14.0. The summed E-state index contributed by atoms with van der Waals surface area (Å²) in [6.45, 7) is 0. The topological polar surface area (TPSA) is 60.2 Å². The first-order chi connectivity index (χ1) is 9.56. The standard InChI is InChI=1S/C15H10ClNO3/c16-13-7-5-12(6-8-13)15(18)9-4-11-2-1-3-14(10-11)17(19)20/h1-10H. The molecule has 2 aromatic rings. The van der Waals surface area contributed by atoms with Crippen LogP contribution >= 0.6 is 11.6 Å². The number of benzene rings is 2. The SMILES string of the molecule is O=C(C=Cc1cccc([N+](=O)[O-])c1)c1ccc(Cl)cc1. The van der Waals surface area contributed by atoms with Crippen molar-refractivity contribution in [3.8, 4) is 0 Å². The molecule has 2 aromatic carbocycles. The van der Waals surface area contributed by atoms with Crippen LogP contribution in [0.25, 0.3) is 6.08 Å². The number of carbonyl (C=O) groups excluding carboxylic acids is 1. The molecule has 0 saturated carbocycles. The van der Waals surface area contributed by atoms with E-state index in [4.69, 9.17) is 11.6 Å². The van der Waals surface area contributed by atoms with Gasteiger partial charge in [0, 0.05) is 22.7 Å². The summed E-state index contributed by atoms with van der Waals surface area (Å²) in [7, 11) is 0. The fourth-order valence-corrected chi connectivity index (χ4v) is 1.75. The van der Waals surface area contributed by atoms with Gasteiger partial charge in [-0.2, -0.15) is 0 Å². The highest BCUT2D eigenvalue weighted by atomic mass is 35.5. The molecule has 0 spiro atoms. The smallest absolute Gasteiger partial charge is 0.270 e. The van der Waals surface area contributed by atoms with E-state index in [1.807, 2.05) is 0 Å². The van der Waals surface area contributed by atoms with Crippen molar-refractivity contribution in [3.63, 3.8) is 0 Å². The van der Waals surface area contributed by atoms with Gasteiger partial charge >= 0.3 is 0 Å². The second-order valence-corrected chi connectivity index (χ2v) is 4.49. The summed E-state index contributed by atoms with van der Waals surface area (Å²) in [6, 6.07) is 12.6. The molecule has 0 bridgehead atoms. The number of hydrogen-bond donors (Lipinski definition) is 0. The Bertz CT molecular complexity index is 678. The van der Waals surface area contributed by atoms with Gasteiger partial charge in [-0.15, -0.1) is 0 Å². The molecule has 0 aliphatic carbocycles. The van der Waals surface area contributed by atoms with Crippen LogP contribution in [-0.4, -0.2) is 10.7 Å². The van der Waals surface area contributed by atoms with Gasteiger partial charge in [-0.3, -0.25) is 14.9 Å². The minimum absolute atomic E-state index is 0.00825. The van der Waals surface area contributed by atoms with Gasteiger partial charge in [0.1, 0.15) is 0 Å². The molecule has 2 rings (SSSR count). The lowest BCUT2D eigenvalue weighted by atomic mass is 10.1. The van der Waals surface area contributed by atoms with Gasteiger partial charge in [0.05, 0.1) is 4.92 Å². The number of ketones is 1. The second-order valence-electron chi connectivity index (χ2n) is 4.06. The van der Waals surface area contributed by atoms with E-state index >= 15 is 0 Å². The Morgan fingerprint density at radius 1 is 1.15 bits per heavy atom. The van der Waals surface area contributed by atoms with Crippen molar-refractivity contribution in [2.75, 3.05) is 0 Å². The summed E-state index contributed by atoms with van der Waals surface area (Å²) in [5, 5.41) is 11.2. The van der Waals surface area contributed by atoms with Crippen molar-refractivity contribution < 1.29 is 9.72 Å². The van der Waals surface area contributed by atoms with Gasteiger partial charge in [-0.05, 0) is 35.9 Å². The molecule has 0 amide bonds. The van der Waals surface area contributed by atoms with E-state index in [1.54, 1.807) is 42.5 Å². The highest BCUT2D eigenvalue weighted by Crippen LogP contribution is 2.15. The number of hydrogen-bond acceptors (Lipinski definition) is 3. The molecular weight excluding hydrogens is 278 g/mol. The molecule has 0 atom stereocenters. The van der Waals surface area contributed by atoms with Gasteiger partial charge in [-0.25, -0.2) is 0 Å². The monoisotopic (exact) mass is 287 g/mol. The number of nitro groups is 1. The van der Waals surface area contributed by atoms with Gasteiger partial charge in [-0.1, -0.05) is 29.8 Å². The predicted molar refractivity (Wildman–Crippen MR) is 77.9 cm³/mol. The van der Waals surface area contributed by atoms with E-state index < -0.39 is 4.92 Å². The molecule has 20 heavy (non-hydrogen) atoms. The number of rotatable bonds is 4. The third kappa shape index (κ3) is 3.52. The molecule has 0 heterocycles. The Labute approximate surface area is 120 Å². The lowest BCUT2D eigenvalue weighted by Gasteiger charge is -1.96. The number of nitrogens with zero attached hydrogens (tertiary/aromatic N) is 1. The molecule has 0 aromatic heterocycles. The van der Waals surface area contributed by atoms with E-state index in [9.17, 15) is 14.9 Å². The summed E-state index contributed by atoms with van der Waals surface area (Å²) in [6.07, 6.45) is 2.92. The maximum Gasteiger partial charge on any atom is 0.270 e. The lowest BCUT2D eigenvalue weighted by molar-refractivity contribution is -0.384. The largest absolute Gasteiger partial charge is 0.289 e. The molecule has 0 aliphatic rings. The molecule has 0 unspecified atom stereocenters. The summed E-state index contributed by atoms with van der Waals surface area (Å²) in [5.41, 5.74) is 1.10. The summed E-state index contributed by atoms with van der Waals surface area (Å²) in [5.74, 6) is -0.187. The quantitative estimate of drug-likeness (QED) is 0.367. The van der Waals surface area contributed by atoms with Crippen molar-refractivity contribution in [1.82, 2.24) is 0 Å². The van der Waals surface area contributed by atoms with Crippen LogP contribution in [0.15, 0.2) is 54.6 Å². The third-order valence-electron chi connectivity index (χ3n) is 2.64. The highest BCUT2D eigenvalue weighted by Gasteiger charge is 2.05. The van der Waals surface area contributed by atoms with Crippen molar-refractivity contribution >= 4 is 29.1 Å². The van der Waals surface area contributed by atoms with Gasteiger partial charge in [0.25, 0.3) is 5.69 Å². The maximum atomic E-state index is 11.9. The van der Waals surface area contributed by atoms with Crippen LogP contribution < -0.4 is 0 Å². The van der Waals surface area contributed by atoms with Gasteiger partial charge in [0.15, 0.2) is 5.78 Å². The average Bonchev–Trinajstić information content (AvgIpc) is 2.46. The van der Waals surface area contributed by atoms with Crippen LogP contribution in [0, 0.1) is 10.1 Å². The average molecular weight is 288 g/mol. The highest BCUT2D eigenvalue weighted by molar-refractivity contribution is 6.30. The maximum absolute atomic E-state index is 11.9. The van der Waals surface area contributed by atoms with Crippen molar-refractivity contribution in [1.29, 1.82) is 0 Å². The molecule has 100 valence electrons. The number of allylic oxidation sites excluding steroid dienone is 1. The van der Waals surface area contributed by atoms with E-state index in [0.29, 0.717) is 16.1 Å². The number of non-ortho nitro benzene ring substituents is 1.